The molecule has 0 unspecified atom stereocenters. The van der Waals surface area contributed by atoms with Crippen molar-refractivity contribution in [1.29, 1.82) is 0 Å². The second-order valence-electron chi connectivity index (χ2n) is 18.1. The Kier molecular flexibility index (Phi) is 19.8. The third-order valence-electron chi connectivity index (χ3n) is 12.8. The van der Waals surface area contributed by atoms with Crippen LogP contribution in [0.25, 0.3) is 0 Å². The zero-order chi connectivity index (χ0) is 49.7. The minimum atomic E-state index is -1.12. The highest BCUT2D eigenvalue weighted by atomic mass is 16.8. The molecule has 6 aromatic carbocycles. The van der Waals surface area contributed by atoms with Gasteiger partial charge < -0.3 is 52.1 Å². The van der Waals surface area contributed by atoms with E-state index in [4.69, 9.17) is 52.1 Å². The van der Waals surface area contributed by atoms with Crippen molar-refractivity contribution < 1.29 is 52.1 Å². The lowest BCUT2D eigenvalue weighted by Gasteiger charge is -2.50. The molecule has 2 aliphatic rings. The minimum absolute atomic E-state index is 0.118. The van der Waals surface area contributed by atoms with E-state index in [0.717, 1.165) is 33.4 Å². The fourth-order valence-corrected chi connectivity index (χ4v) is 9.05. The lowest BCUT2D eigenvalue weighted by Crippen LogP contribution is -2.66. The molecule has 3 heterocycles. The van der Waals surface area contributed by atoms with Gasteiger partial charge in [-0.05, 0) is 45.5 Å². The van der Waals surface area contributed by atoms with Crippen molar-refractivity contribution in [2.45, 2.75) is 108 Å². The van der Waals surface area contributed by atoms with E-state index < -0.39 is 61.4 Å². The minimum Gasteiger partial charge on any atom is -0.374 e. The van der Waals surface area contributed by atoms with Gasteiger partial charge in [-0.2, -0.15) is 0 Å². The average molecular weight is 988 g/mol. The van der Waals surface area contributed by atoms with E-state index in [-0.39, 0.29) is 46.2 Å². The summed E-state index contributed by atoms with van der Waals surface area (Å²) in [5.74, 6) is 0. The normalized spacial score (nSPS) is 24.0. The Morgan fingerprint density at radius 1 is 0.342 bits per heavy atom. The average Bonchev–Trinajstić information content (AvgIpc) is 3.45. The zero-order valence-electron chi connectivity index (χ0n) is 41.2. The number of rotatable bonds is 26. The molecule has 73 heavy (non-hydrogen) atoms. The van der Waals surface area contributed by atoms with Crippen LogP contribution in [0.15, 0.2) is 206 Å². The van der Waals surface area contributed by atoms with Crippen molar-refractivity contribution in [2.24, 2.45) is 0 Å². The molecule has 0 saturated carbocycles. The molecule has 12 nitrogen and oxygen atoms in total. The summed E-state index contributed by atoms with van der Waals surface area (Å²) in [4.78, 5) is 4.61. The van der Waals surface area contributed by atoms with Crippen LogP contribution in [0.3, 0.4) is 0 Å². The third-order valence-corrected chi connectivity index (χ3v) is 12.8. The molecule has 0 amide bonds. The molecule has 2 fully saturated rings. The summed E-state index contributed by atoms with van der Waals surface area (Å²) >= 11 is 0. The molecular formula is C61H65NO11. The van der Waals surface area contributed by atoms with Crippen LogP contribution in [0.5, 0.6) is 0 Å². The monoisotopic (exact) mass is 987 g/mol. The van der Waals surface area contributed by atoms with Gasteiger partial charge >= 0.3 is 0 Å². The van der Waals surface area contributed by atoms with Crippen LogP contribution < -0.4 is 0 Å². The Labute approximate surface area is 429 Å². The van der Waals surface area contributed by atoms with Gasteiger partial charge in [-0.3, -0.25) is 4.98 Å². The smallest absolute Gasteiger partial charge is 0.187 e. The van der Waals surface area contributed by atoms with Gasteiger partial charge in [-0.1, -0.05) is 188 Å². The molecule has 2 aliphatic heterocycles. The molecular weight excluding hydrogens is 923 g/mol. The van der Waals surface area contributed by atoms with Crippen molar-refractivity contribution in [3.05, 3.63) is 245 Å². The van der Waals surface area contributed by atoms with Gasteiger partial charge in [0.2, 0.25) is 0 Å². The number of hydrogen-bond donors (Lipinski definition) is 0. The highest BCUT2D eigenvalue weighted by Crippen LogP contribution is 2.37. The SMILES string of the molecule is CO[C@H]1O[C@H](COCc2ccccc2)[C@@H](OCc2ccccc2)[C@H](OCc2ccccc2)[C@H]1O[C@@H]1O[C@H](COCc2ccccc2)[C@@H](OCc2ccccc2)[C@H](OCc2ccccc2)[C@H]1OCc1ccccn1. The molecule has 380 valence electrons. The Morgan fingerprint density at radius 3 is 1.07 bits per heavy atom. The topological polar surface area (TPSA) is 114 Å². The molecule has 0 N–H and O–H groups in total. The summed E-state index contributed by atoms with van der Waals surface area (Å²) in [7, 11) is 1.60. The first-order chi connectivity index (χ1) is 36.2. The van der Waals surface area contributed by atoms with Crippen molar-refractivity contribution in [3.8, 4) is 0 Å². The van der Waals surface area contributed by atoms with Crippen LogP contribution in [0.1, 0.15) is 39.1 Å². The number of benzene rings is 6. The second kappa shape index (κ2) is 27.9. The number of aromatic nitrogens is 1. The highest BCUT2D eigenvalue weighted by molar-refractivity contribution is 5.18. The van der Waals surface area contributed by atoms with E-state index in [1.54, 1.807) is 13.3 Å². The van der Waals surface area contributed by atoms with E-state index in [2.05, 4.69) is 4.98 Å². The van der Waals surface area contributed by atoms with E-state index in [0.29, 0.717) is 18.9 Å². The third kappa shape index (κ3) is 15.3. The fourth-order valence-electron chi connectivity index (χ4n) is 9.05. The number of nitrogens with zero attached hydrogens (tertiary/aromatic N) is 1. The Hall–Kier alpha value is -5.97. The Balaban J connectivity index is 1.09. The van der Waals surface area contributed by atoms with E-state index in [1.807, 2.05) is 200 Å². The summed E-state index contributed by atoms with van der Waals surface area (Å²) in [6.45, 7) is 2.19. The van der Waals surface area contributed by atoms with Crippen molar-refractivity contribution in [2.75, 3.05) is 20.3 Å². The van der Waals surface area contributed by atoms with Crippen LogP contribution in [0.4, 0.5) is 0 Å². The van der Waals surface area contributed by atoms with Crippen molar-refractivity contribution in [3.63, 3.8) is 0 Å². The summed E-state index contributed by atoms with van der Waals surface area (Å²) in [6.07, 6.45) is -6.56. The lowest BCUT2D eigenvalue weighted by molar-refractivity contribution is -0.381. The lowest BCUT2D eigenvalue weighted by atomic mass is 9.96. The summed E-state index contributed by atoms with van der Waals surface area (Å²) in [5.41, 5.74) is 6.68. The quantitative estimate of drug-likeness (QED) is 0.0515. The molecule has 2 saturated heterocycles. The summed E-state index contributed by atoms with van der Waals surface area (Å²) in [6, 6.07) is 65.9. The highest BCUT2D eigenvalue weighted by Gasteiger charge is 2.54. The Morgan fingerprint density at radius 2 is 0.685 bits per heavy atom. The molecule has 10 atom stereocenters. The molecule has 0 spiro atoms. The van der Waals surface area contributed by atoms with Crippen LogP contribution >= 0.6 is 0 Å². The van der Waals surface area contributed by atoms with Crippen molar-refractivity contribution in [1.82, 2.24) is 4.98 Å². The number of pyridine rings is 1. The first-order valence-corrected chi connectivity index (χ1v) is 25.0. The maximum Gasteiger partial charge on any atom is 0.187 e. The fraction of sp³-hybridized carbons (Fsp3) is 0.328. The zero-order valence-corrected chi connectivity index (χ0v) is 41.2. The first kappa shape index (κ1) is 51.9. The largest absolute Gasteiger partial charge is 0.374 e. The van der Waals surface area contributed by atoms with Gasteiger partial charge in [0.05, 0.1) is 65.2 Å². The first-order valence-electron chi connectivity index (χ1n) is 25.0. The van der Waals surface area contributed by atoms with Crippen LogP contribution in [0, 0.1) is 0 Å². The molecule has 1 aromatic heterocycles. The summed E-state index contributed by atoms with van der Waals surface area (Å²) < 4.78 is 75.6. The van der Waals surface area contributed by atoms with E-state index >= 15 is 0 Å². The van der Waals surface area contributed by atoms with Gasteiger partial charge in [0.25, 0.3) is 0 Å². The van der Waals surface area contributed by atoms with Gasteiger partial charge in [-0.15, -0.1) is 0 Å². The number of ether oxygens (including phenoxy) is 11. The predicted molar refractivity (Wildman–Crippen MR) is 274 cm³/mol. The second-order valence-corrected chi connectivity index (χ2v) is 18.1. The molecule has 12 heteroatoms. The number of methoxy groups -OCH3 is 1. The number of hydrogen-bond acceptors (Lipinski definition) is 12. The van der Waals surface area contributed by atoms with Crippen molar-refractivity contribution >= 4 is 0 Å². The molecule has 7 aromatic rings. The van der Waals surface area contributed by atoms with Crippen LogP contribution in [0.2, 0.25) is 0 Å². The molecule has 0 radical (unpaired) electrons. The van der Waals surface area contributed by atoms with Gasteiger partial charge in [0.15, 0.2) is 12.6 Å². The maximum absolute atomic E-state index is 7.38. The Bertz CT molecular complexity index is 2570. The summed E-state index contributed by atoms with van der Waals surface area (Å²) in [5, 5.41) is 0. The van der Waals surface area contributed by atoms with Crippen LogP contribution in [-0.2, 0) is 98.4 Å². The molecule has 0 aliphatic carbocycles. The predicted octanol–water partition coefficient (Wildman–Crippen LogP) is 10.2. The van der Waals surface area contributed by atoms with Crippen LogP contribution in [-0.4, -0.2) is 86.7 Å². The molecule has 9 rings (SSSR count). The molecule has 0 bridgehead atoms. The van der Waals surface area contributed by atoms with Gasteiger partial charge in [0, 0.05) is 13.3 Å². The van der Waals surface area contributed by atoms with Gasteiger partial charge in [-0.25, -0.2) is 0 Å². The van der Waals surface area contributed by atoms with E-state index in [1.165, 1.54) is 0 Å². The maximum atomic E-state index is 7.38. The standard InChI is InChI=1S/C61H65NO11/c1-63-60-59(57(69-41-50-32-18-7-19-33-50)55(67-39-48-28-14-5-15-29-48)52(71-60)43-64-36-45-22-8-2-9-23-45)73-61-58(70-42-51-34-20-21-35-62-51)56(68-40-49-30-16-6-17-31-49)54(66-38-47-26-12-4-13-27-47)53(72-61)44-65-37-46-24-10-3-11-25-46/h2-35,52-61H,36-44H2,1H3/t52-,53-,54-,55-,56+,57+,58-,59-,60+,61+/m1/s1. The van der Waals surface area contributed by atoms with Gasteiger partial charge in [0.1, 0.15) is 48.8 Å². The van der Waals surface area contributed by atoms with E-state index in [9.17, 15) is 0 Å².